The van der Waals surface area contributed by atoms with Crippen LogP contribution >= 0.6 is 0 Å². The lowest BCUT2D eigenvalue weighted by molar-refractivity contribution is -0.116. The molecule has 0 unspecified atom stereocenters. The smallest absolute Gasteiger partial charge is 0.227 e. The van der Waals surface area contributed by atoms with Crippen molar-refractivity contribution in [3.8, 4) is 11.5 Å². The SMILES string of the molecule is Nc1cc(O)ccc1NC(=O)CCOc1ccccc1. The number of nitrogens with one attached hydrogen (secondary N) is 1. The van der Waals surface area contributed by atoms with Gasteiger partial charge in [-0.15, -0.1) is 0 Å². The number of nitrogens with two attached hydrogens (primary N) is 1. The number of hydrogen-bond acceptors (Lipinski definition) is 4. The van der Waals surface area contributed by atoms with Gasteiger partial charge in [-0.2, -0.15) is 0 Å². The fourth-order valence-corrected chi connectivity index (χ4v) is 1.65. The maximum absolute atomic E-state index is 11.7. The number of ether oxygens (including phenoxy) is 1. The van der Waals surface area contributed by atoms with Crippen LogP contribution in [0, 0.1) is 0 Å². The number of aromatic hydroxyl groups is 1. The fourth-order valence-electron chi connectivity index (χ4n) is 1.65. The molecule has 0 bridgehead atoms. The number of carbonyl (C=O) groups excluding carboxylic acids is 1. The number of nitrogen functional groups attached to an aromatic ring is 1. The molecule has 0 spiro atoms. The maximum Gasteiger partial charge on any atom is 0.227 e. The van der Waals surface area contributed by atoms with Crippen LogP contribution in [0.1, 0.15) is 6.42 Å². The molecule has 0 aliphatic heterocycles. The maximum atomic E-state index is 11.7. The molecule has 2 aromatic carbocycles. The largest absolute Gasteiger partial charge is 0.508 e. The predicted molar refractivity (Wildman–Crippen MR) is 77.7 cm³/mol. The van der Waals surface area contributed by atoms with Crippen LogP contribution < -0.4 is 15.8 Å². The van der Waals surface area contributed by atoms with Gasteiger partial charge < -0.3 is 20.9 Å². The summed E-state index contributed by atoms with van der Waals surface area (Å²) in [6.07, 6.45) is 0.217. The van der Waals surface area contributed by atoms with E-state index in [2.05, 4.69) is 5.32 Å². The molecule has 0 fully saturated rings. The first kappa shape index (κ1) is 13.7. The fraction of sp³-hybridized carbons (Fsp3) is 0.133. The Morgan fingerprint density at radius 2 is 1.95 bits per heavy atom. The normalized spacial score (nSPS) is 10.0. The molecule has 0 atom stereocenters. The Morgan fingerprint density at radius 3 is 2.65 bits per heavy atom. The topological polar surface area (TPSA) is 84.6 Å². The van der Waals surface area contributed by atoms with Crippen LogP contribution in [0.3, 0.4) is 0 Å². The number of rotatable bonds is 5. The minimum absolute atomic E-state index is 0.0629. The van der Waals surface area contributed by atoms with Gasteiger partial charge >= 0.3 is 0 Å². The second-order valence-electron chi connectivity index (χ2n) is 4.23. The van der Waals surface area contributed by atoms with E-state index in [1.807, 2.05) is 30.3 Å². The molecule has 0 aromatic heterocycles. The highest BCUT2D eigenvalue weighted by molar-refractivity contribution is 5.94. The number of para-hydroxylation sites is 1. The molecule has 20 heavy (non-hydrogen) atoms. The molecule has 5 nitrogen and oxygen atoms in total. The third-order valence-corrected chi connectivity index (χ3v) is 2.65. The first-order valence-electron chi connectivity index (χ1n) is 6.21. The Balaban J connectivity index is 1.81. The van der Waals surface area contributed by atoms with Crippen molar-refractivity contribution >= 4 is 17.3 Å². The highest BCUT2D eigenvalue weighted by Gasteiger charge is 2.06. The molecule has 104 valence electrons. The summed E-state index contributed by atoms with van der Waals surface area (Å²) < 4.78 is 5.43. The highest BCUT2D eigenvalue weighted by Crippen LogP contribution is 2.23. The van der Waals surface area contributed by atoms with Crippen molar-refractivity contribution < 1.29 is 14.6 Å². The van der Waals surface area contributed by atoms with Crippen molar-refractivity contribution in [3.63, 3.8) is 0 Å². The van der Waals surface area contributed by atoms with Crippen LogP contribution in [-0.4, -0.2) is 17.6 Å². The quantitative estimate of drug-likeness (QED) is 0.576. The van der Waals surface area contributed by atoms with Gasteiger partial charge in [0.2, 0.25) is 5.91 Å². The van der Waals surface area contributed by atoms with E-state index in [0.29, 0.717) is 11.4 Å². The molecule has 0 heterocycles. The molecule has 4 N–H and O–H groups in total. The van der Waals surface area contributed by atoms with Crippen LogP contribution in [0.4, 0.5) is 11.4 Å². The van der Waals surface area contributed by atoms with Crippen molar-refractivity contribution in [2.75, 3.05) is 17.7 Å². The summed E-state index contributed by atoms with van der Waals surface area (Å²) in [5.74, 6) is 0.593. The van der Waals surface area contributed by atoms with Gasteiger partial charge in [-0.3, -0.25) is 4.79 Å². The third kappa shape index (κ3) is 3.91. The van der Waals surface area contributed by atoms with E-state index in [4.69, 9.17) is 10.5 Å². The van der Waals surface area contributed by atoms with Gasteiger partial charge in [-0.1, -0.05) is 18.2 Å². The monoisotopic (exact) mass is 272 g/mol. The van der Waals surface area contributed by atoms with E-state index >= 15 is 0 Å². The minimum atomic E-state index is -0.196. The molecule has 0 radical (unpaired) electrons. The predicted octanol–water partition coefficient (Wildman–Crippen LogP) is 2.38. The lowest BCUT2D eigenvalue weighted by Crippen LogP contribution is -2.16. The summed E-state index contributed by atoms with van der Waals surface area (Å²) >= 11 is 0. The van der Waals surface area contributed by atoms with Gasteiger partial charge in [0, 0.05) is 6.07 Å². The summed E-state index contributed by atoms with van der Waals surface area (Å²) in [5, 5.41) is 11.9. The molecular formula is C15H16N2O3. The van der Waals surface area contributed by atoms with E-state index in [1.54, 1.807) is 6.07 Å². The average Bonchev–Trinajstić information content (AvgIpc) is 2.43. The molecule has 0 aliphatic carbocycles. The standard InChI is InChI=1S/C15H16N2O3/c16-13-10-11(18)6-7-14(13)17-15(19)8-9-20-12-4-2-1-3-5-12/h1-7,10,18H,8-9,16H2,(H,17,19). The van der Waals surface area contributed by atoms with Crippen LogP contribution in [0.5, 0.6) is 11.5 Å². The van der Waals surface area contributed by atoms with E-state index in [0.717, 1.165) is 5.75 Å². The van der Waals surface area contributed by atoms with Gasteiger partial charge in [0.25, 0.3) is 0 Å². The zero-order chi connectivity index (χ0) is 14.4. The van der Waals surface area contributed by atoms with Gasteiger partial charge in [0.1, 0.15) is 11.5 Å². The number of carbonyl (C=O) groups is 1. The third-order valence-electron chi connectivity index (χ3n) is 2.65. The first-order chi connectivity index (χ1) is 9.65. The van der Waals surface area contributed by atoms with Crippen LogP contribution in [-0.2, 0) is 4.79 Å². The van der Waals surface area contributed by atoms with Gasteiger partial charge in [0.15, 0.2) is 0 Å². The van der Waals surface area contributed by atoms with E-state index in [9.17, 15) is 9.90 Å². The Labute approximate surface area is 117 Å². The second kappa shape index (κ2) is 6.47. The van der Waals surface area contributed by atoms with Crippen molar-refractivity contribution in [3.05, 3.63) is 48.5 Å². The van der Waals surface area contributed by atoms with E-state index in [-0.39, 0.29) is 24.7 Å². The molecular weight excluding hydrogens is 256 g/mol. The number of phenols is 1. The average molecular weight is 272 g/mol. The molecule has 5 heteroatoms. The Kier molecular flexibility index (Phi) is 4.44. The summed E-state index contributed by atoms with van der Waals surface area (Å²) in [5.41, 5.74) is 6.48. The molecule has 1 amide bonds. The van der Waals surface area contributed by atoms with E-state index in [1.165, 1.54) is 12.1 Å². The molecule has 0 aliphatic rings. The van der Waals surface area contributed by atoms with Gasteiger partial charge in [0.05, 0.1) is 24.4 Å². The number of hydrogen-bond donors (Lipinski definition) is 3. The molecule has 2 aromatic rings. The molecule has 0 saturated carbocycles. The zero-order valence-corrected chi connectivity index (χ0v) is 10.9. The molecule has 0 saturated heterocycles. The minimum Gasteiger partial charge on any atom is -0.508 e. The van der Waals surface area contributed by atoms with Crippen molar-refractivity contribution in [1.29, 1.82) is 0 Å². The summed E-state index contributed by atoms with van der Waals surface area (Å²) in [7, 11) is 0. The van der Waals surface area contributed by atoms with Crippen molar-refractivity contribution in [1.82, 2.24) is 0 Å². The first-order valence-corrected chi connectivity index (χ1v) is 6.21. The van der Waals surface area contributed by atoms with Crippen molar-refractivity contribution in [2.45, 2.75) is 6.42 Å². The lowest BCUT2D eigenvalue weighted by atomic mass is 10.2. The Morgan fingerprint density at radius 1 is 1.20 bits per heavy atom. The van der Waals surface area contributed by atoms with Crippen molar-refractivity contribution in [2.24, 2.45) is 0 Å². The summed E-state index contributed by atoms with van der Waals surface area (Å²) in [6, 6.07) is 13.7. The Hall–Kier alpha value is -2.69. The van der Waals surface area contributed by atoms with Crippen LogP contribution in [0.25, 0.3) is 0 Å². The number of benzene rings is 2. The number of anilines is 2. The van der Waals surface area contributed by atoms with Gasteiger partial charge in [-0.25, -0.2) is 0 Å². The van der Waals surface area contributed by atoms with Gasteiger partial charge in [-0.05, 0) is 24.3 Å². The lowest BCUT2D eigenvalue weighted by Gasteiger charge is -2.09. The van der Waals surface area contributed by atoms with Crippen LogP contribution in [0.2, 0.25) is 0 Å². The van der Waals surface area contributed by atoms with E-state index < -0.39 is 0 Å². The Bertz CT molecular complexity index is 585. The number of amides is 1. The molecule has 2 rings (SSSR count). The second-order valence-corrected chi connectivity index (χ2v) is 4.23. The zero-order valence-electron chi connectivity index (χ0n) is 10.9. The highest BCUT2D eigenvalue weighted by atomic mass is 16.5. The summed E-state index contributed by atoms with van der Waals surface area (Å²) in [6.45, 7) is 0.286. The summed E-state index contributed by atoms with van der Waals surface area (Å²) in [4.78, 5) is 11.7. The number of phenolic OH excluding ortho intramolecular Hbond substituents is 1. The van der Waals surface area contributed by atoms with Crippen LogP contribution in [0.15, 0.2) is 48.5 Å².